The van der Waals surface area contributed by atoms with Gasteiger partial charge in [0.1, 0.15) is 12.2 Å². The minimum atomic E-state index is -0.447. The molecular formula is C22H21N7O3. The maximum Gasteiger partial charge on any atom is 0.327 e. The molecule has 0 aliphatic heterocycles. The number of hydrogen-bond acceptors (Lipinski definition) is 7. The summed E-state index contributed by atoms with van der Waals surface area (Å²) in [5.74, 6) is -0.887. The first kappa shape index (κ1) is 20.9. The van der Waals surface area contributed by atoms with Gasteiger partial charge in [-0.1, -0.05) is 52.9 Å². The third kappa shape index (κ3) is 5.22. The van der Waals surface area contributed by atoms with Crippen molar-refractivity contribution >= 4 is 17.6 Å². The zero-order chi connectivity index (χ0) is 22.3. The molecule has 2 aromatic carbocycles. The first-order valence-electron chi connectivity index (χ1n) is 10.0. The van der Waals surface area contributed by atoms with Crippen LogP contribution in [0.2, 0.25) is 0 Å². The van der Waals surface area contributed by atoms with Crippen LogP contribution in [0.25, 0.3) is 11.3 Å². The van der Waals surface area contributed by atoms with E-state index in [0.717, 1.165) is 11.1 Å². The normalized spacial score (nSPS) is 10.7. The Kier molecular flexibility index (Phi) is 6.30. The fraction of sp³-hybridized carbons (Fsp3) is 0.182. The molecule has 10 nitrogen and oxygen atoms in total. The van der Waals surface area contributed by atoms with Gasteiger partial charge in [-0.25, -0.2) is 9.36 Å². The summed E-state index contributed by atoms with van der Waals surface area (Å²) in [5, 5.41) is 18.8. The van der Waals surface area contributed by atoms with Crippen LogP contribution in [-0.4, -0.2) is 48.5 Å². The molecular weight excluding hydrogens is 410 g/mol. The topological polar surface area (TPSA) is 117 Å². The molecule has 10 heteroatoms. The highest BCUT2D eigenvalue weighted by Gasteiger charge is 2.14. The van der Waals surface area contributed by atoms with E-state index >= 15 is 0 Å². The first-order chi connectivity index (χ1) is 15.6. The lowest BCUT2D eigenvalue weighted by Crippen LogP contribution is -2.14. The average molecular weight is 431 g/mol. The molecule has 0 saturated carbocycles. The van der Waals surface area contributed by atoms with E-state index in [4.69, 9.17) is 4.74 Å². The van der Waals surface area contributed by atoms with Crippen LogP contribution in [0.4, 0.5) is 5.69 Å². The van der Waals surface area contributed by atoms with Crippen LogP contribution in [0.1, 0.15) is 23.0 Å². The number of benzene rings is 2. The standard InChI is InChI=1S/C22H21N7O3/c1-2-32-21(30)15-29-14-20(25-27-29)22(31)23-18-10-6-9-17(11-18)19-13-28(26-24-19)12-16-7-4-3-5-8-16/h3-11,13-14H,2,12,15H2,1H3,(H,23,31). The Hall–Kier alpha value is -4.34. The maximum atomic E-state index is 12.5. The molecule has 0 spiro atoms. The smallest absolute Gasteiger partial charge is 0.327 e. The SMILES string of the molecule is CCOC(=O)Cn1cc(C(=O)Nc2cccc(-c3cn(Cc4ccccc4)nn3)c2)nn1. The number of ether oxygens (including phenoxy) is 1. The Balaban J connectivity index is 1.42. The molecule has 4 rings (SSSR count). The second kappa shape index (κ2) is 9.65. The van der Waals surface area contributed by atoms with Crippen LogP contribution in [0.3, 0.4) is 0 Å². The fourth-order valence-electron chi connectivity index (χ4n) is 3.05. The van der Waals surface area contributed by atoms with Gasteiger partial charge in [0.15, 0.2) is 5.69 Å². The molecule has 0 bridgehead atoms. The summed E-state index contributed by atoms with van der Waals surface area (Å²) >= 11 is 0. The number of esters is 1. The zero-order valence-electron chi connectivity index (χ0n) is 17.4. The van der Waals surface area contributed by atoms with Crippen LogP contribution >= 0.6 is 0 Å². The van der Waals surface area contributed by atoms with E-state index in [9.17, 15) is 9.59 Å². The molecule has 0 atom stereocenters. The minimum Gasteiger partial charge on any atom is -0.465 e. The predicted octanol–water partition coefficient (Wildman–Crippen LogP) is 2.40. The molecule has 1 amide bonds. The zero-order valence-corrected chi connectivity index (χ0v) is 17.4. The van der Waals surface area contributed by atoms with E-state index in [1.54, 1.807) is 23.7 Å². The molecule has 0 radical (unpaired) electrons. The minimum absolute atomic E-state index is 0.0912. The van der Waals surface area contributed by atoms with Crippen molar-refractivity contribution in [1.29, 1.82) is 0 Å². The van der Waals surface area contributed by atoms with Gasteiger partial charge in [0.05, 0.1) is 25.5 Å². The van der Waals surface area contributed by atoms with Gasteiger partial charge in [-0.15, -0.1) is 10.2 Å². The van der Waals surface area contributed by atoms with Gasteiger partial charge in [0.25, 0.3) is 5.91 Å². The molecule has 0 aliphatic carbocycles. The number of carbonyl (C=O) groups is 2. The van der Waals surface area contributed by atoms with Gasteiger partial charge in [-0.05, 0) is 24.6 Å². The van der Waals surface area contributed by atoms with E-state index in [-0.39, 0.29) is 18.8 Å². The van der Waals surface area contributed by atoms with E-state index in [2.05, 4.69) is 25.9 Å². The lowest BCUT2D eigenvalue weighted by molar-refractivity contribution is -0.144. The highest BCUT2D eigenvalue weighted by Crippen LogP contribution is 2.21. The summed E-state index contributed by atoms with van der Waals surface area (Å²) in [7, 11) is 0. The quantitative estimate of drug-likeness (QED) is 0.426. The Bertz CT molecular complexity index is 1220. The monoisotopic (exact) mass is 431 g/mol. The van der Waals surface area contributed by atoms with Crippen molar-refractivity contribution in [2.75, 3.05) is 11.9 Å². The molecule has 0 aliphatic rings. The van der Waals surface area contributed by atoms with Crippen LogP contribution in [-0.2, 0) is 22.6 Å². The third-order valence-corrected chi connectivity index (χ3v) is 4.51. The van der Waals surface area contributed by atoms with Gasteiger partial charge in [0, 0.05) is 11.3 Å². The van der Waals surface area contributed by atoms with Crippen molar-refractivity contribution in [3.8, 4) is 11.3 Å². The number of anilines is 1. The highest BCUT2D eigenvalue weighted by molar-refractivity contribution is 6.02. The highest BCUT2D eigenvalue weighted by atomic mass is 16.5. The number of nitrogens with one attached hydrogen (secondary N) is 1. The van der Waals surface area contributed by atoms with Gasteiger partial charge in [-0.2, -0.15) is 0 Å². The molecule has 32 heavy (non-hydrogen) atoms. The largest absolute Gasteiger partial charge is 0.465 e. The molecule has 2 heterocycles. The average Bonchev–Trinajstić information content (AvgIpc) is 3.45. The molecule has 162 valence electrons. The summed E-state index contributed by atoms with van der Waals surface area (Å²) < 4.78 is 7.88. The second-order valence-electron chi connectivity index (χ2n) is 6.93. The van der Waals surface area contributed by atoms with E-state index < -0.39 is 11.9 Å². The number of aromatic nitrogens is 6. The molecule has 0 saturated heterocycles. The number of carbonyl (C=O) groups excluding carboxylic acids is 2. The maximum absolute atomic E-state index is 12.5. The number of nitrogens with zero attached hydrogens (tertiary/aromatic N) is 6. The van der Waals surface area contributed by atoms with Gasteiger partial charge in [0.2, 0.25) is 0 Å². The van der Waals surface area contributed by atoms with Crippen LogP contribution < -0.4 is 5.32 Å². The summed E-state index contributed by atoms with van der Waals surface area (Å²) in [6.45, 7) is 2.50. The Morgan fingerprint density at radius 3 is 2.59 bits per heavy atom. The van der Waals surface area contributed by atoms with Crippen LogP contribution in [0.15, 0.2) is 67.0 Å². The summed E-state index contributed by atoms with van der Waals surface area (Å²) in [4.78, 5) is 24.1. The Labute approximate surface area is 183 Å². The van der Waals surface area contributed by atoms with Crippen molar-refractivity contribution in [3.63, 3.8) is 0 Å². The number of amides is 1. The van der Waals surface area contributed by atoms with Gasteiger partial charge >= 0.3 is 5.97 Å². The second-order valence-corrected chi connectivity index (χ2v) is 6.93. The van der Waals surface area contributed by atoms with Crippen LogP contribution in [0, 0.1) is 0 Å². The molecule has 0 fully saturated rings. The summed E-state index contributed by atoms with van der Waals surface area (Å²) in [5.41, 5.74) is 3.30. The lowest BCUT2D eigenvalue weighted by atomic mass is 10.1. The van der Waals surface area contributed by atoms with Crippen molar-refractivity contribution in [1.82, 2.24) is 30.0 Å². The number of rotatable bonds is 8. The summed E-state index contributed by atoms with van der Waals surface area (Å²) in [6.07, 6.45) is 3.25. The van der Waals surface area contributed by atoms with Gasteiger partial charge in [-0.3, -0.25) is 9.59 Å². The molecule has 2 aromatic heterocycles. The molecule has 4 aromatic rings. The van der Waals surface area contributed by atoms with E-state index in [1.165, 1.54) is 10.9 Å². The van der Waals surface area contributed by atoms with Crippen molar-refractivity contribution in [2.24, 2.45) is 0 Å². The van der Waals surface area contributed by atoms with Crippen molar-refractivity contribution < 1.29 is 14.3 Å². The predicted molar refractivity (Wildman–Crippen MR) is 116 cm³/mol. The number of hydrogen-bond donors (Lipinski definition) is 1. The lowest BCUT2D eigenvalue weighted by Gasteiger charge is -2.04. The van der Waals surface area contributed by atoms with Crippen molar-refractivity contribution in [2.45, 2.75) is 20.0 Å². The third-order valence-electron chi connectivity index (χ3n) is 4.51. The molecule has 0 unspecified atom stereocenters. The first-order valence-corrected chi connectivity index (χ1v) is 10.0. The van der Waals surface area contributed by atoms with E-state index in [1.807, 2.05) is 48.7 Å². The fourth-order valence-corrected chi connectivity index (χ4v) is 3.05. The molecule has 1 N–H and O–H groups in total. The Morgan fingerprint density at radius 2 is 1.78 bits per heavy atom. The van der Waals surface area contributed by atoms with Crippen molar-refractivity contribution in [3.05, 3.63) is 78.2 Å². The van der Waals surface area contributed by atoms with Crippen LogP contribution in [0.5, 0.6) is 0 Å². The summed E-state index contributed by atoms with van der Waals surface area (Å²) in [6, 6.07) is 17.3. The van der Waals surface area contributed by atoms with E-state index in [0.29, 0.717) is 17.9 Å². The Morgan fingerprint density at radius 1 is 0.969 bits per heavy atom. The van der Waals surface area contributed by atoms with Gasteiger partial charge < -0.3 is 10.1 Å².